The molecule has 8 nitrogen and oxygen atoms in total. The average molecular weight is 425 g/mol. The summed E-state index contributed by atoms with van der Waals surface area (Å²) in [5.74, 6) is -0.713. The van der Waals surface area contributed by atoms with E-state index in [1.807, 2.05) is 0 Å². The lowest BCUT2D eigenvalue weighted by Crippen LogP contribution is -2.43. The molecule has 1 atom stereocenters. The van der Waals surface area contributed by atoms with Gasteiger partial charge in [-0.25, -0.2) is 0 Å². The van der Waals surface area contributed by atoms with Gasteiger partial charge in [-0.15, -0.1) is 10.2 Å². The van der Waals surface area contributed by atoms with Gasteiger partial charge in [0.1, 0.15) is 6.04 Å². The number of likely N-dealkylation sites (tertiary alicyclic amines) is 1. The van der Waals surface area contributed by atoms with E-state index in [2.05, 4.69) is 15.4 Å². The number of rotatable bonds is 5. The molecule has 0 aliphatic carbocycles. The molecule has 30 heavy (non-hydrogen) atoms. The molecular formula is C19H22F3N5O3. The Morgan fingerprint density at radius 1 is 1.27 bits per heavy atom. The lowest BCUT2D eigenvalue weighted by molar-refractivity contribution is -0.151. The zero-order valence-electron chi connectivity index (χ0n) is 16.6. The molecule has 3 rings (SSSR count). The predicted molar refractivity (Wildman–Crippen MR) is 98.9 cm³/mol. The van der Waals surface area contributed by atoms with Gasteiger partial charge in [0.15, 0.2) is 0 Å². The molecule has 0 spiro atoms. The van der Waals surface area contributed by atoms with Gasteiger partial charge in [0.05, 0.1) is 18.1 Å². The number of alkyl halides is 3. The van der Waals surface area contributed by atoms with Crippen molar-refractivity contribution in [2.45, 2.75) is 38.9 Å². The number of tetrazole rings is 1. The summed E-state index contributed by atoms with van der Waals surface area (Å²) in [5, 5.41) is 11.7. The van der Waals surface area contributed by atoms with E-state index in [-0.39, 0.29) is 29.2 Å². The third-order valence-corrected chi connectivity index (χ3v) is 5.01. The number of carbonyl (C=O) groups excluding carboxylic acids is 2. The standard InChI is InChI=1S/C19H22F3N5O3/c1-3-30-18(29)13-7-9-26(10-8-13)17(28)12(2)27-24-16(23-25-27)14-5-4-6-15(11-14)19(20,21)22/h4-6,11-13H,3,7-10H2,1-2H3/t12-/m1/s1. The number of hydrogen-bond acceptors (Lipinski definition) is 6. The van der Waals surface area contributed by atoms with Crippen LogP contribution in [-0.4, -0.2) is 56.7 Å². The molecule has 0 N–H and O–H groups in total. The first-order valence-electron chi connectivity index (χ1n) is 9.63. The van der Waals surface area contributed by atoms with Gasteiger partial charge in [0.2, 0.25) is 11.7 Å². The summed E-state index contributed by atoms with van der Waals surface area (Å²) in [6.07, 6.45) is -3.46. The van der Waals surface area contributed by atoms with Crippen LogP contribution in [0.5, 0.6) is 0 Å². The highest BCUT2D eigenvalue weighted by molar-refractivity contribution is 5.80. The van der Waals surface area contributed by atoms with Gasteiger partial charge in [-0.05, 0) is 44.0 Å². The summed E-state index contributed by atoms with van der Waals surface area (Å²) >= 11 is 0. The van der Waals surface area contributed by atoms with Gasteiger partial charge in [-0.1, -0.05) is 12.1 Å². The normalized spacial score (nSPS) is 16.4. The van der Waals surface area contributed by atoms with Crippen molar-refractivity contribution in [2.75, 3.05) is 19.7 Å². The van der Waals surface area contributed by atoms with Gasteiger partial charge >= 0.3 is 12.1 Å². The summed E-state index contributed by atoms with van der Waals surface area (Å²) in [6.45, 7) is 4.47. The van der Waals surface area contributed by atoms with E-state index in [4.69, 9.17) is 4.74 Å². The molecule has 2 aromatic rings. The van der Waals surface area contributed by atoms with Crippen LogP contribution in [0, 0.1) is 5.92 Å². The number of aromatic nitrogens is 4. The maximum Gasteiger partial charge on any atom is 0.416 e. The highest BCUT2D eigenvalue weighted by Crippen LogP contribution is 2.31. The summed E-state index contributed by atoms with van der Waals surface area (Å²) in [5.41, 5.74) is -0.657. The summed E-state index contributed by atoms with van der Waals surface area (Å²) in [7, 11) is 0. The Labute approximate surface area is 171 Å². The van der Waals surface area contributed by atoms with E-state index < -0.39 is 17.8 Å². The first-order valence-corrected chi connectivity index (χ1v) is 9.63. The molecule has 1 saturated heterocycles. The molecule has 1 aromatic heterocycles. The number of hydrogen-bond donors (Lipinski definition) is 0. The maximum atomic E-state index is 12.9. The Morgan fingerprint density at radius 2 is 1.97 bits per heavy atom. The molecule has 0 unspecified atom stereocenters. The van der Waals surface area contributed by atoms with Crippen LogP contribution in [0.15, 0.2) is 24.3 Å². The number of nitrogens with zero attached hydrogens (tertiary/aromatic N) is 5. The highest BCUT2D eigenvalue weighted by Gasteiger charge is 2.32. The van der Waals surface area contributed by atoms with E-state index in [1.165, 1.54) is 12.1 Å². The van der Waals surface area contributed by atoms with Crippen LogP contribution in [0.1, 0.15) is 38.3 Å². The summed E-state index contributed by atoms with van der Waals surface area (Å²) in [4.78, 5) is 27.3. The minimum Gasteiger partial charge on any atom is -0.466 e. The van der Waals surface area contributed by atoms with Crippen molar-refractivity contribution in [3.05, 3.63) is 29.8 Å². The minimum atomic E-state index is -4.48. The molecule has 1 aliphatic heterocycles. The Bertz CT molecular complexity index is 907. The molecule has 0 radical (unpaired) electrons. The lowest BCUT2D eigenvalue weighted by atomic mass is 9.96. The Balaban J connectivity index is 1.66. The molecule has 1 aromatic carbocycles. The minimum absolute atomic E-state index is 0.00164. The first kappa shape index (κ1) is 21.7. The van der Waals surface area contributed by atoms with E-state index in [1.54, 1.807) is 18.7 Å². The van der Waals surface area contributed by atoms with Gasteiger partial charge < -0.3 is 9.64 Å². The summed E-state index contributed by atoms with van der Waals surface area (Å²) in [6, 6.07) is 3.83. The number of esters is 1. The fourth-order valence-corrected chi connectivity index (χ4v) is 3.30. The van der Waals surface area contributed by atoms with E-state index in [0.717, 1.165) is 16.9 Å². The van der Waals surface area contributed by atoms with Crippen LogP contribution in [0.3, 0.4) is 0 Å². The quantitative estimate of drug-likeness (QED) is 0.685. The largest absolute Gasteiger partial charge is 0.466 e. The van der Waals surface area contributed by atoms with Crippen LogP contribution in [-0.2, 0) is 20.5 Å². The van der Waals surface area contributed by atoms with Gasteiger partial charge in [0, 0.05) is 18.7 Å². The molecule has 1 amide bonds. The van der Waals surface area contributed by atoms with Crippen molar-refractivity contribution >= 4 is 11.9 Å². The van der Waals surface area contributed by atoms with Crippen molar-refractivity contribution in [2.24, 2.45) is 5.92 Å². The van der Waals surface area contributed by atoms with Gasteiger partial charge in [-0.3, -0.25) is 9.59 Å². The lowest BCUT2D eigenvalue weighted by Gasteiger charge is -2.32. The third-order valence-electron chi connectivity index (χ3n) is 5.01. The van der Waals surface area contributed by atoms with Crippen molar-refractivity contribution < 1.29 is 27.5 Å². The highest BCUT2D eigenvalue weighted by atomic mass is 19.4. The third kappa shape index (κ3) is 4.77. The Kier molecular flexibility index (Phi) is 6.37. The molecule has 1 aliphatic rings. The average Bonchev–Trinajstić information content (AvgIpc) is 3.23. The molecule has 1 fully saturated rings. The van der Waals surface area contributed by atoms with E-state index in [0.29, 0.717) is 32.5 Å². The van der Waals surface area contributed by atoms with Gasteiger partial charge in [-0.2, -0.15) is 18.0 Å². The number of piperidine rings is 1. The fraction of sp³-hybridized carbons (Fsp3) is 0.526. The van der Waals surface area contributed by atoms with Crippen LogP contribution in [0.4, 0.5) is 13.2 Å². The molecule has 162 valence electrons. The fourth-order valence-electron chi connectivity index (χ4n) is 3.30. The van der Waals surface area contributed by atoms with Crippen molar-refractivity contribution in [3.8, 4) is 11.4 Å². The topological polar surface area (TPSA) is 90.2 Å². The molecule has 11 heteroatoms. The van der Waals surface area contributed by atoms with Crippen LogP contribution in [0.25, 0.3) is 11.4 Å². The van der Waals surface area contributed by atoms with E-state index in [9.17, 15) is 22.8 Å². The van der Waals surface area contributed by atoms with Crippen LogP contribution in [0.2, 0.25) is 0 Å². The number of amides is 1. The van der Waals surface area contributed by atoms with Crippen molar-refractivity contribution in [3.63, 3.8) is 0 Å². The maximum absolute atomic E-state index is 12.9. The Morgan fingerprint density at radius 3 is 2.60 bits per heavy atom. The summed E-state index contributed by atoms with van der Waals surface area (Å²) < 4.78 is 43.7. The van der Waals surface area contributed by atoms with Crippen molar-refractivity contribution in [1.29, 1.82) is 0 Å². The molecule has 0 saturated carbocycles. The second-order valence-corrected chi connectivity index (χ2v) is 7.04. The number of halogens is 3. The second kappa shape index (κ2) is 8.80. The number of ether oxygens (including phenoxy) is 1. The van der Waals surface area contributed by atoms with Crippen molar-refractivity contribution in [1.82, 2.24) is 25.1 Å². The molecular weight excluding hydrogens is 403 g/mol. The van der Waals surface area contributed by atoms with Crippen LogP contribution >= 0.6 is 0 Å². The van der Waals surface area contributed by atoms with Crippen LogP contribution < -0.4 is 0 Å². The molecule has 2 heterocycles. The zero-order valence-corrected chi connectivity index (χ0v) is 16.6. The second-order valence-electron chi connectivity index (χ2n) is 7.04. The number of benzene rings is 1. The van der Waals surface area contributed by atoms with E-state index >= 15 is 0 Å². The Hall–Kier alpha value is -2.98. The molecule has 0 bridgehead atoms. The van der Waals surface area contributed by atoms with Gasteiger partial charge in [0.25, 0.3) is 0 Å². The SMILES string of the molecule is CCOC(=O)C1CCN(C(=O)[C@@H](C)n2nnc(-c3cccc(C(F)(F)F)c3)n2)CC1. The smallest absolute Gasteiger partial charge is 0.416 e. The first-order chi connectivity index (χ1) is 14.2. The zero-order chi connectivity index (χ0) is 21.9. The number of carbonyl (C=O) groups is 2. The predicted octanol–water partition coefficient (Wildman–Crippen LogP) is 2.72. The monoisotopic (exact) mass is 425 g/mol.